The average molecular weight is 197 g/mol. The largest absolute Gasteiger partial charge is 0.394 e. The summed E-state index contributed by atoms with van der Waals surface area (Å²) in [5.41, 5.74) is 6.94. The Bertz CT molecular complexity index is 210. The van der Waals surface area contributed by atoms with E-state index in [9.17, 15) is 0 Å². The minimum atomic E-state index is -0.125. The zero-order valence-corrected chi connectivity index (χ0v) is 8.56. The third kappa shape index (κ3) is 7.73. The van der Waals surface area contributed by atoms with E-state index in [1.807, 2.05) is 25.1 Å². The van der Waals surface area contributed by atoms with Crippen molar-refractivity contribution in [2.45, 2.75) is 19.4 Å². The molecule has 0 bridgehead atoms. The molecule has 14 heavy (non-hydrogen) atoms. The van der Waals surface area contributed by atoms with Gasteiger partial charge in [-0.2, -0.15) is 0 Å². The van der Waals surface area contributed by atoms with Crippen molar-refractivity contribution in [1.29, 1.82) is 0 Å². The zero-order valence-electron chi connectivity index (χ0n) is 8.56. The first-order valence-corrected chi connectivity index (χ1v) is 4.72. The highest BCUT2D eigenvalue weighted by molar-refractivity contribution is 5.15. The van der Waals surface area contributed by atoms with Crippen LogP contribution in [0.1, 0.15) is 12.5 Å². The highest BCUT2D eigenvalue weighted by Gasteiger charge is 1.94. The lowest BCUT2D eigenvalue weighted by Crippen LogP contribution is -2.17. The van der Waals surface area contributed by atoms with Gasteiger partial charge in [0.05, 0.1) is 13.2 Å². The maximum Gasteiger partial charge on any atom is 0.0662 e. The second-order valence-electron chi connectivity index (χ2n) is 3.11. The van der Waals surface area contributed by atoms with Crippen molar-refractivity contribution in [3.05, 3.63) is 35.9 Å². The summed E-state index contributed by atoms with van der Waals surface area (Å²) in [5.74, 6) is 0. The molecule has 4 N–H and O–H groups in total. The van der Waals surface area contributed by atoms with Crippen molar-refractivity contribution in [2.75, 3.05) is 13.2 Å². The van der Waals surface area contributed by atoms with Gasteiger partial charge in [-0.15, -0.1) is 0 Å². The van der Waals surface area contributed by atoms with Crippen LogP contribution in [-0.2, 0) is 6.42 Å². The molecule has 1 unspecified atom stereocenters. The van der Waals surface area contributed by atoms with E-state index in [0.717, 1.165) is 6.42 Å². The van der Waals surface area contributed by atoms with Gasteiger partial charge < -0.3 is 15.9 Å². The van der Waals surface area contributed by atoms with Gasteiger partial charge in [-0.05, 0) is 18.9 Å². The van der Waals surface area contributed by atoms with E-state index >= 15 is 0 Å². The molecule has 1 aromatic carbocycles. The Morgan fingerprint density at radius 2 is 1.64 bits per heavy atom. The molecule has 0 heterocycles. The fourth-order valence-electron chi connectivity index (χ4n) is 0.986. The van der Waals surface area contributed by atoms with Crippen LogP contribution in [0, 0.1) is 0 Å². The number of aliphatic hydroxyl groups excluding tert-OH is 2. The Balaban J connectivity index is 0.000000364. The molecule has 0 aliphatic carbocycles. The average Bonchev–Trinajstić information content (AvgIpc) is 2.19. The standard InChI is InChI=1S/C9H13N.C2H6O2/c1-8(10)7-9-5-3-2-4-6-9;3-1-2-4/h2-6,8H,7,10H2,1H3;3-4H,1-2H2. The van der Waals surface area contributed by atoms with Crippen molar-refractivity contribution in [3.8, 4) is 0 Å². The first-order valence-electron chi connectivity index (χ1n) is 4.72. The van der Waals surface area contributed by atoms with Crippen molar-refractivity contribution < 1.29 is 10.2 Å². The first kappa shape index (κ1) is 13.1. The van der Waals surface area contributed by atoms with Crippen LogP contribution in [-0.4, -0.2) is 29.5 Å². The third-order valence-corrected chi connectivity index (χ3v) is 1.50. The summed E-state index contributed by atoms with van der Waals surface area (Å²) in [5, 5.41) is 15.2. The summed E-state index contributed by atoms with van der Waals surface area (Å²) < 4.78 is 0. The lowest BCUT2D eigenvalue weighted by molar-refractivity contribution is 0.186. The molecule has 0 aliphatic rings. The number of rotatable bonds is 3. The van der Waals surface area contributed by atoms with Gasteiger partial charge in [0.2, 0.25) is 0 Å². The molecule has 1 aromatic rings. The van der Waals surface area contributed by atoms with Gasteiger partial charge in [0.1, 0.15) is 0 Å². The number of benzene rings is 1. The molecule has 0 saturated carbocycles. The summed E-state index contributed by atoms with van der Waals surface area (Å²) in [4.78, 5) is 0. The predicted octanol–water partition coefficient (Wildman–Crippen LogP) is 0.547. The Morgan fingerprint density at radius 1 is 1.14 bits per heavy atom. The van der Waals surface area contributed by atoms with Crippen LogP contribution in [0.25, 0.3) is 0 Å². The topological polar surface area (TPSA) is 66.5 Å². The molecule has 0 aromatic heterocycles. The second kappa shape index (κ2) is 8.69. The lowest BCUT2D eigenvalue weighted by atomic mass is 10.1. The maximum atomic E-state index is 7.62. The minimum absolute atomic E-state index is 0.125. The Hall–Kier alpha value is -0.900. The molecular formula is C11H19NO2. The van der Waals surface area contributed by atoms with E-state index in [1.165, 1.54) is 5.56 Å². The Morgan fingerprint density at radius 3 is 2.00 bits per heavy atom. The van der Waals surface area contributed by atoms with Crippen LogP contribution in [0.15, 0.2) is 30.3 Å². The molecular weight excluding hydrogens is 178 g/mol. The zero-order chi connectivity index (χ0) is 10.8. The van der Waals surface area contributed by atoms with E-state index in [1.54, 1.807) is 0 Å². The van der Waals surface area contributed by atoms with Gasteiger partial charge in [0, 0.05) is 6.04 Å². The van der Waals surface area contributed by atoms with Crippen LogP contribution in [0.3, 0.4) is 0 Å². The van der Waals surface area contributed by atoms with E-state index in [-0.39, 0.29) is 19.3 Å². The number of hydrogen-bond acceptors (Lipinski definition) is 3. The van der Waals surface area contributed by atoms with E-state index in [2.05, 4.69) is 12.1 Å². The van der Waals surface area contributed by atoms with Crippen LogP contribution in [0.2, 0.25) is 0 Å². The van der Waals surface area contributed by atoms with E-state index < -0.39 is 0 Å². The van der Waals surface area contributed by atoms with Gasteiger partial charge >= 0.3 is 0 Å². The number of aliphatic hydroxyl groups is 2. The van der Waals surface area contributed by atoms with Crippen LogP contribution in [0.5, 0.6) is 0 Å². The van der Waals surface area contributed by atoms with Gasteiger partial charge in [-0.25, -0.2) is 0 Å². The molecule has 0 saturated heterocycles. The molecule has 3 heteroatoms. The summed E-state index contributed by atoms with van der Waals surface area (Å²) in [6.07, 6.45) is 0.973. The third-order valence-electron chi connectivity index (χ3n) is 1.50. The quantitative estimate of drug-likeness (QED) is 0.663. The van der Waals surface area contributed by atoms with Gasteiger partial charge in [-0.3, -0.25) is 0 Å². The van der Waals surface area contributed by atoms with Crippen LogP contribution < -0.4 is 5.73 Å². The molecule has 1 rings (SSSR count). The smallest absolute Gasteiger partial charge is 0.0662 e. The number of nitrogens with two attached hydrogens (primary N) is 1. The fraction of sp³-hybridized carbons (Fsp3) is 0.455. The number of hydrogen-bond donors (Lipinski definition) is 3. The van der Waals surface area contributed by atoms with Gasteiger partial charge in [0.25, 0.3) is 0 Å². The normalized spacial score (nSPS) is 11.4. The molecule has 80 valence electrons. The highest BCUT2D eigenvalue weighted by Crippen LogP contribution is 2.00. The summed E-state index contributed by atoms with van der Waals surface area (Å²) in [6.45, 7) is 1.77. The molecule has 1 atom stereocenters. The molecule has 0 radical (unpaired) electrons. The van der Waals surface area contributed by atoms with Crippen molar-refractivity contribution in [2.24, 2.45) is 5.73 Å². The lowest BCUT2D eigenvalue weighted by Gasteiger charge is -2.02. The second-order valence-corrected chi connectivity index (χ2v) is 3.11. The fourth-order valence-corrected chi connectivity index (χ4v) is 0.986. The van der Waals surface area contributed by atoms with Crippen molar-refractivity contribution in [3.63, 3.8) is 0 Å². The summed E-state index contributed by atoms with van der Waals surface area (Å²) in [7, 11) is 0. The molecule has 3 nitrogen and oxygen atoms in total. The van der Waals surface area contributed by atoms with E-state index in [0.29, 0.717) is 0 Å². The molecule has 0 spiro atoms. The van der Waals surface area contributed by atoms with Crippen molar-refractivity contribution in [1.82, 2.24) is 0 Å². The Kier molecular flexibility index (Phi) is 8.13. The molecule has 0 amide bonds. The predicted molar refractivity (Wildman–Crippen MR) is 58.0 cm³/mol. The van der Waals surface area contributed by atoms with E-state index in [4.69, 9.17) is 15.9 Å². The van der Waals surface area contributed by atoms with Gasteiger partial charge in [0.15, 0.2) is 0 Å². The monoisotopic (exact) mass is 197 g/mol. The highest BCUT2D eigenvalue weighted by atomic mass is 16.3. The molecule has 0 aliphatic heterocycles. The molecule has 0 fully saturated rings. The van der Waals surface area contributed by atoms with Crippen LogP contribution >= 0.6 is 0 Å². The maximum absolute atomic E-state index is 7.62. The summed E-state index contributed by atoms with van der Waals surface area (Å²) in [6, 6.07) is 10.6. The van der Waals surface area contributed by atoms with Crippen LogP contribution in [0.4, 0.5) is 0 Å². The summed E-state index contributed by atoms with van der Waals surface area (Å²) >= 11 is 0. The first-order chi connectivity index (χ1) is 6.70. The van der Waals surface area contributed by atoms with Gasteiger partial charge in [-0.1, -0.05) is 30.3 Å². The Labute approximate surface area is 85.2 Å². The SMILES string of the molecule is CC(N)Cc1ccccc1.OCCO. The van der Waals surface area contributed by atoms with Crippen molar-refractivity contribution >= 4 is 0 Å². The minimum Gasteiger partial charge on any atom is -0.394 e.